The van der Waals surface area contributed by atoms with Gasteiger partial charge in [0.1, 0.15) is 0 Å². The number of aromatic nitrogens is 1. The Balaban J connectivity index is 0.00000128. The van der Waals surface area contributed by atoms with Gasteiger partial charge in [0.25, 0.3) is 0 Å². The van der Waals surface area contributed by atoms with Gasteiger partial charge in [-0.1, -0.05) is 0 Å². The first kappa shape index (κ1) is 16.0. The number of hydrogen-bond donors (Lipinski definition) is 1. The minimum absolute atomic E-state index is 0. The summed E-state index contributed by atoms with van der Waals surface area (Å²) in [6.45, 7) is 1.56. The van der Waals surface area contributed by atoms with Crippen molar-refractivity contribution in [1.29, 1.82) is 0 Å². The van der Waals surface area contributed by atoms with Gasteiger partial charge in [-0.3, -0.25) is 9.88 Å². The smallest absolute Gasteiger partial charge is 0.414 e. The van der Waals surface area contributed by atoms with Crippen LogP contribution in [0.1, 0.15) is 12.1 Å². The van der Waals surface area contributed by atoms with Crippen LogP contribution in [-0.4, -0.2) is 24.2 Å². The summed E-state index contributed by atoms with van der Waals surface area (Å²) < 4.78 is 4.95. The lowest BCUT2D eigenvalue weighted by atomic mass is 10.2. The molecule has 5 nitrogen and oxygen atoms in total. The van der Waals surface area contributed by atoms with Crippen molar-refractivity contribution in [2.24, 2.45) is 5.73 Å². The molecule has 2 rings (SSSR count). The maximum Gasteiger partial charge on any atom is 0.414 e. The molecule has 1 aliphatic heterocycles. The highest BCUT2D eigenvalue weighted by molar-refractivity contribution is 5.88. The Kier molecular flexibility index (Phi) is 6.87. The van der Waals surface area contributed by atoms with Crippen LogP contribution in [0.25, 0.3) is 0 Å². The second-order valence-corrected chi connectivity index (χ2v) is 3.33. The van der Waals surface area contributed by atoms with Crippen LogP contribution in [0, 0.1) is 0 Å². The quantitative estimate of drug-likeness (QED) is 0.895. The number of rotatable bonds is 2. The van der Waals surface area contributed by atoms with E-state index in [-0.39, 0.29) is 30.9 Å². The molecule has 7 heteroatoms. The van der Waals surface area contributed by atoms with E-state index in [1.54, 1.807) is 17.2 Å². The summed E-state index contributed by atoms with van der Waals surface area (Å²) in [5, 5.41) is 0. The molecule has 0 atom stereocenters. The first-order chi connectivity index (χ1) is 7.31. The predicted octanol–water partition coefficient (Wildman–Crippen LogP) is 1.73. The van der Waals surface area contributed by atoms with Gasteiger partial charge < -0.3 is 10.5 Å². The highest BCUT2D eigenvalue weighted by atomic mass is 35.5. The standard InChI is InChI=1S/C10H13N3O2.2ClH/c11-7-8-6-9(2-3-12-8)13-4-1-5-15-10(13)14;;/h2-3,6H,1,4-5,7,11H2;2*1H. The Morgan fingerprint density at radius 3 is 2.88 bits per heavy atom. The van der Waals surface area contributed by atoms with E-state index < -0.39 is 0 Å². The molecule has 1 aliphatic rings. The maximum absolute atomic E-state index is 11.4. The van der Waals surface area contributed by atoms with Gasteiger partial charge in [-0.05, 0) is 18.6 Å². The normalized spacial score (nSPS) is 14.4. The molecule has 0 spiro atoms. The van der Waals surface area contributed by atoms with Crippen molar-refractivity contribution in [2.45, 2.75) is 13.0 Å². The summed E-state index contributed by atoms with van der Waals surface area (Å²) in [6.07, 6.45) is 2.21. The predicted molar refractivity (Wildman–Crippen MR) is 69.9 cm³/mol. The van der Waals surface area contributed by atoms with Crippen LogP contribution in [0.4, 0.5) is 10.5 Å². The topological polar surface area (TPSA) is 68.4 Å². The van der Waals surface area contributed by atoms with Crippen LogP contribution in [0.2, 0.25) is 0 Å². The van der Waals surface area contributed by atoms with Gasteiger partial charge in [0.15, 0.2) is 0 Å². The molecule has 0 aromatic carbocycles. The minimum Gasteiger partial charge on any atom is -0.449 e. The van der Waals surface area contributed by atoms with Crippen molar-refractivity contribution in [3.63, 3.8) is 0 Å². The van der Waals surface area contributed by atoms with Crippen molar-refractivity contribution in [1.82, 2.24) is 4.98 Å². The SMILES string of the molecule is Cl.Cl.NCc1cc(N2CCCOC2=O)ccn1. The summed E-state index contributed by atoms with van der Waals surface area (Å²) in [4.78, 5) is 17.1. The highest BCUT2D eigenvalue weighted by Gasteiger charge is 2.21. The molecule has 0 saturated carbocycles. The number of carbonyl (C=O) groups is 1. The van der Waals surface area contributed by atoms with Crippen molar-refractivity contribution >= 4 is 36.6 Å². The molecule has 96 valence electrons. The van der Waals surface area contributed by atoms with Crippen molar-refractivity contribution in [2.75, 3.05) is 18.1 Å². The average Bonchev–Trinajstić information content (AvgIpc) is 2.30. The van der Waals surface area contributed by atoms with E-state index >= 15 is 0 Å². The number of nitrogens with two attached hydrogens (primary N) is 1. The fourth-order valence-electron chi connectivity index (χ4n) is 1.53. The monoisotopic (exact) mass is 279 g/mol. The highest BCUT2D eigenvalue weighted by Crippen LogP contribution is 2.18. The Bertz CT molecular complexity index is 376. The molecule has 1 saturated heterocycles. The molecular formula is C10H15Cl2N3O2. The first-order valence-corrected chi connectivity index (χ1v) is 4.90. The van der Waals surface area contributed by atoms with Gasteiger partial charge in [-0.2, -0.15) is 0 Å². The number of cyclic esters (lactones) is 1. The van der Waals surface area contributed by atoms with Gasteiger partial charge in [0.05, 0.1) is 18.0 Å². The van der Waals surface area contributed by atoms with Crippen LogP contribution < -0.4 is 10.6 Å². The zero-order valence-corrected chi connectivity index (χ0v) is 10.8. The molecule has 0 unspecified atom stereocenters. The van der Waals surface area contributed by atoms with Crippen LogP contribution in [0.3, 0.4) is 0 Å². The molecule has 1 aromatic heterocycles. The van der Waals surface area contributed by atoms with Gasteiger partial charge in [-0.15, -0.1) is 24.8 Å². The second-order valence-electron chi connectivity index (χ2n) is 3.33. The fourth-order valence-corrected chi connectivity index (χ4v) is 1.53. The molecule has 0 aliphatic carbocycles. The number of ether oxygens (including phenoxy) is 1. The van der Waals surface area contributed by atoms with Crippen molar-refractivity contribution in [3.05, 3.63) is 24.0 Å². The largest absolute Gasteiger partial charge is 0.449 e. The Morgan fingerprint density at radius 2 is 2.24 bits per heavy atom. The Morgan fingerprint density at radius 1 is 1.47 bits per heavy atom. The summed E-state index contributed by atoms with van der Waals surface area (Å²) in [5.41, 5.74) is 7.06. The lowest BCUT2D eigenvalue weighted by Crippen LogP contribution is -2.37. The molecule has 0 radical (unpaired) electrons. The van der Waals surface area contributed by atoms with Crippen molar-refractivity contribution < 1.29 is 9.53 Å². The number of hydrogen-bond acceptors (Lipinski definition) is 4. The van der Waals surface area contributed by atoms with E-state index in [4.69, 9.17) is 10.5 Å². The number of carbonyl (C=O) groups excluding carboxylic acids is 1. The molecule has 2 N–H and O–H groups in total. The minimum atomic E-state index is -0.296. The number of anilines is 1. The van der Waals surface area contributed by atoms with Gasteiger partial charge in [-0.25, -0.2) is 4.79 Å². The molecular weight excluding hydrogens is 265 g/mol. The molecule has 1 fully saturated rings. The van der Waals surface area contributed by atoms with E-state index in [1.807, 2.05) is 6.07 Å². The van der Waals surface area contributed by atoms with E-state index in [2.05, 4.69) is 4.98 Å². The number of amides is 1. The Labute approximate surface area is 112 Å². The molecule has 2 heterocycles. The third-order valence-electron chi connectivity index (χ3n) is 2.29. The third kappa shape index (κ3) is 3.73. The van der Waals surface area contributed by atoms with E-state index in [9.17, 15) is 4.79 Å². The van der Waals surface area contributed by atoms with Crippen LogP contribution in [0.5, 0.6) is 0 Å². The molecule has 1 amide bonds. The maximum atomic E-state index is 11.4. The number of pyridine rings is 1. The van der Waals surface area contributed by atoms with Gasteiger partial charge in [0.2, 0.25) is 0 Å². The number of halogens is 2. The lowest BCUT2D eigenvalue weighted by Gasteiger charge is -2.26. The molecule has 17 heavy (non-hydrogen) atoms. The van der Waals surface area contributed by atoms with Gasteiger partial charge in [0, 0.05) is 19.3 Å². The second kappa shape index (κ2) is 7.32. The van der Waals surface area contributed by atoms with Crippen LogP contribution >= 0.6 is 24.8 Å². The lowest BCUT2D eigenvalue weighted by molar-refractivity contribution is 0.140. The van der Waals surface area contributed by atoms with E-state index in [1.165, 1.54) is 0 Å². The van der Waals surface area contributed by atoms with Crippen LogP contribution in [-0.2, 0) is 11.3 Å². The summed E-state index contributed by atoms with van der Waals surface area (Å²) >= 11 is 0. The summed E-state index contributed by atoms with van der Waals surface area (Å²) in [5.74, 6) is 0. The zero-order chi connectivity index (χ0) is 10.7. The van der Waals surface area contributed by atoms with E-state index in [0.717, 1.165) is 17.8 Å². The van der Waals surface area contributed by atoms with Crippen molar-refractivity contribution in [3.8, 4) is 0 Å². The summed E-state index contributed by atoms with van der Waals surface area (Å²) in [6, 6.07) is 3.60. The Hall–Kier alpha value is -1.04. The molecule has 1 aromatic rings. The molecule has 0 bridgehead atoms. The van der Waals surface area contributed by atoms with E-state index in [0.29, 0.717) is 19.7 Å². The fraction of sp³-hybridized carbons (Fsp3) is 0.400. The van der Waals surface area contributed by atoms with Crippen LogP contribution in [0.15, 0.2) is 18.3 Å². The zero-order valence-electron chi connectivity index (χ0n) is 9.17. The number of nitrogens with zero attached hydrogens (tertiary/aromatic N) is 2. The van der Waals surface area contributed by atoms with Gasteiger partial charge >= 0.3 is 6.09 Å². The average molecular weight is 280 g/mol. The summed E-state index contributed by atoms with van der Waals surface area (Å²) in [7, 11) is 0. The first-order valence-electron chi connectivity index (χ1n) is 4.90. The third-order valence-corrected chi connectivity index (χ3v) is 2.29.